The maximum Gasteiger partial charge on any atom is 0.227 e. The molecule has 0 unspecified atom stereocenters. The van der Waals surface area contributed by atoms with Gasteiger partial charge in [-0.2, -0.15) is 15.1 Å². The molecular formula is C16H17FN10. The van der Waals surface area contributed by atoms with Gasteiger partial charge in [0.15, 0.2) is 11.5 Å². The highest BCUT2D eigenvalue weighted by molar-refractivity contribution is 5.89. The minimum absolute atomic E-state index is 0.320. The second-order valence-electron chi connectivity index (χ2n) is 6.08. The van der Waals surface area contributed by atoms with Crippen molar-refractivity contribution >= 4 is 28.6 Å². The van der Waals surface area contributed by atoms with Crippen LogP contribution in [0.4, 0.5) is 22.0 Å². The van der Waals surface area contributed by atoms with Crippen molar-refractivity contribution < 1.29 is 4.39 Å². The van der Waals surface area contributed by atoms with Crippen molar-refractivity contribution in [2.45, 2.75) is 13.0 Å². The van der Waals surface area contributed by atoms with E-state index in [1.54, 1.807) is 24.3 Å². The maximum atomic E-state index is 13.0. The Labute approximate surface area is 153 Å². The van der Waals surface area contributed by atoms with Crippen LogP contribution in [0, 0.1) is 5.82 Å². The number of anilines is 3. The monoisotopic (exact) mass is 368 g/mol. The topological polar surface area (TPSA) is 111 Å². The highest BCUT2D eigenvalue weighted by atomic mass is 19.1. The molecule has 0 aliphatic carbocycles. The predicted molar refractivity (Wildman–Crippen MR) is 96.8 cm³/mol. The lowest BCUT2D eigenvalue weighted by Gasteiger charge is -2.13. The Morgan fingerprint density at radius 2 is 1.85 bits per heavy atom. The van der Waals surface area contributed by atoms with Gasteiger partial charge in [0, 0.05) is 20.3 Å². The molecule has 0 aromatic carbocycles. The largest absolute Gasteiger partial charge is 0.344 e. The van der Waals surface area contributed by atoms with Crippen molar-refractivity contribution in [2.24, 2.45) is 14.1 Å². The van der Waals surface area contributed by atoms with Crippen LogP contribution in [-0.4, -0.2) is 39.3 Å². The molecule has 0 saturated carbocycles. The smallest absolute Gasteiger partial charge is 0.227 e. The third kappa shape index (κ3) is 3.38. The SMILES string of the molecule is C[C@@H](Nc1nc(Nc2cn(C)cn2)c2cnn(C)c2n1)c1ncc(F)cn1. The van der Waals surface area contributed by atoms with Gasteiger partial charge in [0.05, 0.1) is 36.3 Å². The fourth-order valence-electron chi connectivity index (χ4n) is 2.58. The predicted octanol–water partition coefficient (Wildman–Crippen LogP) is 1.94. The highest BCUT2D eigenvalue weighted by Gasteiger charge is 2.16. The molecule has 10 nitrogen and oxygen atoms in total. The number of hydrogen-bond acceptors (Lipinski definition) is 8. The Morgan fingerprint density at radius 1 is 1.07 bits per heavy atom. The van der Waals surface area contributed by atoms with Gasteiger partial charge in [0.25, 0.3) is 0 Å². The van der Waals surface area contributed by atoms with Crippen molar-refractivity contribution in [1.82, 2.24) is 39.3 Å². The van der Waals surface area contributed by atoms with Gasteiger partial charge in [-0.1, -0.05) is 0 Å². The lowest BCUT2D eigenvalue weighted by Crippen LogP contribution is -2.13. The van der Waals surface area contributed by atoms with Crippen molar-refractivity contribution in [3.05, 3.63) is 42.8 Å². The Morgan fingerprint density at radius 3 is 2.56 bits per heavy atom. The van der Waals surface area contributed by atoms with E-state index in [1.165, 1.54) is 0 Å². The molecule has 0 radical (unpaired) electrons. The summed E-state index contributed by atoms with van der Waals surface area (Å²) in [5.41, 5.74) is 0.651. The van der Waals surface area contributed by atoms with E-state index in [4.69, 9.17) is 0 Å². The summed E-state index contributed by atoms with van der Waals surface area (Å²) in [7, 11) is 3.69. The molecule has 11 heteroatoms. The first-order valence-corrected chi connectivity index (χ1v) is 8.18. The Hall–Kier alpha value is -3.63. The van der Waals surface area contributed by atoms with Crippen LogP contribution in [0.25, 0.3) is 11.0 Å². The minimum atomic E-state index is -0.486. The molecule has 0 aliphatic rings. The molecule has 0 saturated heterocycles. The molecule has 27 heavy (non-hydrogen) atoms. The van der Waals surface area contributed by atoms with E-state index in [-0.39, 0.29) is 6.04 Å². The van der Waals surface area contributed by atoms with Crippen molar-refractivity contribution in [1.29, 1.82) is 0 Å². The summed E-state index contributed by atoms with van der Waals surface area (Å²) in [5.74, 6) is 1.54. The van der Waals surface area contributed by atoms with E-state index < -0.39 is 5.82 Å². The third-order valence-electron chi connectivity index (χ3n) is 3.92. The van der Waals surface area contributed by atoms with Gasteiger partial charge in [-0.3, -0.25) is 4.68 Å². The summed E-state index contributed by atoms with van der Waals surface area (Å²) in [6.07, 6.45) is 7.47. The standard InChI is InChI=1S/C16H17FN10/c1-9(13-18-4-10(17)5-19-13)22-16-24-14(23-12-7-26(2)8-20-12)11-6-21-27(3)15(11)25-16/h4-9H,1-3H3,(H2,22,23,24,25)/t9-/m1/s1. The van der Waals surface area contributed by atoms with Crippen LogP contribution in [0.15, 0.2) is 31.1 Å². The first-order valence-electron chi connectivity index (χ1n) is 8.18. The van der Waals surface area contributed by atoms with Gasteiger partial charge in [-0.25, -0.2) is 19.3 Å². The van der Waals surface area contributed by atoms with Crippen molar-refractivity contribution in [2.75, 3.05) is 10.6 Å². The molecule has 0 aliphatic heterocycles. The first kappa shape index (κ1) is 16.8. The number of imidazole rings is 1. The highest BCUT2D eigenvalue weighted by Crippen LogP contribution is 2.25. The maximum absolute atomic E-state index is 13.0. The molecule has 4 heterocycles. The molecule has 4 aromatic heterocycles. The van der Waals surface area contributed by atoms with Crippen LogP contribution in [0.1, 0.15) is 18.8 Å². The molecule has 4 rings (SSSR count). The lowest BCUT2D eigenvalue weighted by atomic mass is 10.3. The molecule has 138 valence electrons. The number of aromatic nitrogens is 8. The summed E-state index contributed by atoms with van der Waals surface area (Å²) < 4.78 is 16.5. The van der Waals surface area contributed by atoms with Gasteiger partial charge < -0.3 is 15.2 Å². The second-order valence-corrected chi connectivity index (χ2v) is 6.08. The molecule has 0 bridgehead atoms. The van der Waals surface area contributed by atoms with Gasteiger partial charge in [0.2, 0.25) is 5.95 Å². The van der Waals surface area contributed by atoms with Crippen LogP contribution < -0.4 is 10.6 Å². The summed E-state index contributed by atoms with van der Waals surface area (Å²) in [6.45, 7) is 1.84. The number of halogens is 1. The molecular weight excluding hydrogens is 351 g/mol. The molecule has 0 spiro atoms. The fraction of sp³-hybridized carbons (Fsp3) is 0.250. The number of nitrogens with one attached hydrogen (secondary N) is 2. The summed E-state index contributed by atoms with van der Waals surface area (Å²) in [4.78, 5) is 21.3. The van der Waals surface area contributed by atoms with Crippen molar-refractivity contribution in [3.63, 3.8) is 0 Å². The average Bonchev–Trinajstić information content (AvgIpc) is 3.22. The average molecular weight is 368 g/mol. The van der Waals surface area contributed by atoms with Gasteiger partial charge in [-0.15, -0.1) is 0 Å². The quantitative estimate of drug-likeness (QED) is 0.550. The lowest BCUT2D eigenvalue weighted by molar-refractivity contribution is 0.604. The summed E-state index contributed by atoms with van der Waals surface area (Å²) >= 11 is 0. The summed E-state index contributed by atoms with van der Waals surface area (Å²) in [6, 6.07) is -0.320. The fourth-order valence-corrected chi connectivity index (χ4v) is 2.58. The Kier molecular flexibility index (Phi) is 4.11. The van der Waals surface area contributed by atoms with E-state index in [0.29, 0.717) is 29.1 Å². The van der Waals surface area contributed by atoms with E-state index in [1.807, 2.05) is 24.7 Å². The number of hydrogen-bond donors (Lipinski definition) is 2. The van der Waals surface area contributed by atoms with Crippen LogP contribution in [0.3, 0.4) is 0 Å². The normalized spacial score (nSPS) is 12.3. The van der Waals surface area contributed by atoms with Crippen LogP contribution in [0.5, 0.6) is 0 Å². The third-order valence-corrected chi connectivity index (χ3v) is 3.92. The number of nitrogens with zero attached hydrogens (tertiary/aromatic N) is 8. The zero-order valence-corrected chi connectivity index (χ0v) is 14.9. The van der Waals surface area contributed by atoms with Crippen molar-refractivity contribution in [3.8, 4) is 0 Å². The number of rotatable bonds is 5. The molecule has 4 aromatic rings. The summed E-state index contributed by atoms with van der Waals surface area (Å²) in [5, 5.41) is 11.3. The van der Waals surface area contributed by atoms with Gasteiger partial charge >= 0.3 is 0 Å². The minimum Gasteiger partial charge on any atom is -0.344 e. The zero-order valence-electron chi connectivity index (χ0n) is 14.9. The molecule has 1 atom stereocenters. The van der Waals surface area contributed by atoms with E-state index in [0.717, 1.165) is 17.8 Å². The van der Waals surface area contributed by atoms with Crippen LogP contribution >= 0.6 is 0 Å². The molecule has 2 N–H and O–H groups in total. The molecule has 0 amide bonds. The number of aryl methyl sites for hydroxylation is 2. The van der Waals surface area contributed by atoms with Crippen LogP contribution in [-0.2, 0) is 14.1 Å². The first-order chi connectivity index (χ1) is 13.0. The zero-order chi connectivity index (χ0) is 19.0. The van der Waals surface area contributed by atoms with Gasteiger partial charge in [-0.05, 0) is 6.92 Å². The second kappa shape index (κ2) is 6.59. The van der Waals surface area contributed by atoms with Gasteiger partial charge in [0.1, 0.15) is 17.5 Å². The van der Waals surface area contributed by atoms with E-state index >= 15 is 0 Å². The number of fused-ring (bicyclic) bond motifs is 1. The van der Waals surface area contributed by atoms with E-state index in [2.05, 4.69) is 40.7 Å². The van der Waals surface area contributed by atoms with Crippen LogP contribution in [0.2, 0.25) is 0 Å². The Balaban J connectivity index is 1.68. The Bertz CT molecular complexity index is 1080. The van der Waals surface area contributed by atoms with E-state index in [9.17, 15) is 4.39 Å². The molecule has 0 fully saturated rings.